The Morgan fingerprint density at radius 1 is 1.23 bits per heavy atom. The van der Waals surface area contributed by atoms with Gasteiger partial charge >= 0.3 is 0 Å². The van der Waals surface area contributed by atoms with Crippen LogP contribution in [0.5, 0.6) is 5.75 Å². The number of carbonyl (C=O) groups excluding carboxylic acids is 2. The average molecular weight is 319 g/mol. The van der Waals surface area contributed by atoms with Gasteiger partial charge < -0.3 is 20.0 Å². The van der Waals surface area contributed by atoms with Gasteiger partial charge in [-0.15, -0.1) is 0 Å². The minimum atomic E-state index is -1.33. The van der Waals surface area contributed by atoms with E-state index in [9.17, 15) is 14.7 Å². The van der Waals surface area contributed by atoms with Crippen LogP contribution in [-0.4, -0.2) is 18.5 Å². The van der Waals surface area contributed by atoms with Crippen molar-refractivity contribution in [2.75, 3.05) is 11.9 Å². The second-order valence-electron chi connectivity index (χ2n) is 4.64. The molecular formula is C16H13ClNO4-. The van der Waals surface area contributed by atoms with Crippen molar-refractivity contribution < 1.29 is 19.4 Å². The Morgan fingerprint density at radius 3 is 2.64 bits per heavy atom. The summed E-state index contributed by atoms with van der Waals surface area (Å²) in [5.41, 5.74) is 1.65. The summed E-state index contributed by atoms with van der Waals surface area (Å²) in [5, 5.41) is 13.5. The molecule has 2 aromatic rings. The van der Waals surface area contributed by atoms with E-state index in [1.165, 1.54) is 18.2 Å². The zero-order chi connectivity index (χ0) is 16.1. The molecule has 0 aromatic heterocycles. The molecule has 0 bridgehead atoms. The molecule has 6 heteroatoms. The SMILES string of the molecule is Cc1cccc(NC(=O)COc2ccc(C(=O)[O-])cc2Cl)c1. The molecule has 0 fully saturated rings. The van der Waals surface area contributed by atoms with E-state index in [2.05, 4.69) is 5.32 Å². The summed E-state index contributed by atoms with van der Waals surface area (Å²) in [6.07, 6.45) is 0. The van der Waals surface area contributed by atoms with Gasteiger partial charge in [-0.05, 0) is 48.4 Å². The lowest BCUT2D eigenvalue weighted by atomic mass is 10.2. The van der Waals surface area contributed by atoms with Crippen molar-refractivity contribution in [2.24, 2.45) is 0 Å². The molecule has 1 amide bonds. The van der Waals surface area contributed by atoms with E-state index < -0.39 is 5.97 Å². The molecule has 0 aliphatic heterocycles. The third-order valence-corrected chi connectivity index (χ3v) is 3.12. The Hall–Kier alpha value is -2.53. The number of carbonyl (C=O) groups is 2. The molecule has 0 saturated heterocycles. The van der Waals surface area contributed by atoms with Crippen LogP contribution in [0.2, 0.25) is 5.02 Å². The van der Waals surface area contributed by atoms with Crippen LogP contribution < -0.4 is 15.2 Å². The molecule has 0 spiro atoms. The van der Waals surface area contributed by atoms with Gasteiger partial charge in [0.2, 0.25) is 0 Å². The smallest absolute Gasteiger partial charge is 0.262 e. The van der Waals surface area contributed by atoms with Crippen LogP contribution in [0.15, 0.2) is 42.5 Å². The molecular weight excluding hydrogens is 306 g/mol. The van der Waals surface area contributed by atoms with Gasteiger partial charge in [-0.2, -0.15) is 0 Å². The minimum absolute atomic E-state index is 0.0541. The average Bonchev–Trinajstić information content (AvgIpc) is 2.45. The quantitative estimate of drug-likeness (QED) is 0.915. The topological polar surface area (TPSA) is 78.5 Å². The van der Waals surface area contributed by atoms with Gasteiger partial charge in [-0.3, -0.25) is 4.79 Å². The molecule has 5 nitrogen and oxygen atoms in total. The number of ether oxygens (including phenoxy) is 1. The third kappa shape index (κ3) is 4.23. The first-order valence-electron chi connectivity index (χ1n) is 6.46. The van der Waals surface area contributed by atoms with E-state index in [-0.39, 0.29) is 28.8 Å². The molecule has 0 heterocycles. The highest BCUT2D eigenvalue weighted by atomic mass is 35.5. The van der Waals surface area contributed by atoms with Crippen molar-refractivity contribution in [2.45, 2.75) is 6.92 Å². The van der Waals surface area contributed by atoms with Crippen LogP contribution in [0.1, 0.15) is 15.9 Å². The lowest BCUT2D eigenvalue weighted by molar-refractivity contribution is -0.255. The highest BCUT2D eigenvalue weighted by Crippen LogP contribution is 2.25. The number of carboxylic acid groups (broad SMARTS) is 1. The first kappa shape index (κ1) is 15.9. The van der Waals surface area contributed by atoms with Crippen molar-refractivity contribution in [3.63, 3.8) is 0 Å². The second kappa shape index (κ2) is 6.95. The highest BCUT2D eigenvalue weighted by Gasteiger charge is 2.07. The monoisotopic (exact) mass is 318 g/mol. The molecule has 0 atom stereocenters. The van der Waals surface area contributed by atoms with Crippen LogP contribution in [0, 0.1) is 6.92 Å². The van der Waals surface area contributed by atoms with Crippen molar-refractivity contribution in [1.29, 1.82) is 0 Å². The molecule has 0 aliphatic rings. The molecule has 1 N–H and O–H groups in total. The number of benzene rings is 2. The van der Waals surface area contributed by atoms with Gasteiger partial charge in [0.05, 0.1) is 11.0 Å². The summed E-state index contributed by atoms with van der Waals surface area (Å²) in [6, 6.07) is 11.3. The van der Waals surface area contributed by atoms with E-state index in [4.69, 9.17) is 16.3 Å². The lowest BCUT2D eigenvalue weighted by Gasteiger charge is -2.10. The fraction of sp³-hybridized carbons (Fsp3) is 0.125. The Kier molecular flexibility index (Phi) is 5.01. The summed E-state index contributed by atoms with van der Waals surface area (Å²) in [6.45, 7) is 1.68. The number of aromatic carboxylic acids is 1. The van der Waals surface area contributed by atoms with Crippen LogP contribution in [0.4, 0.5) is 5.69 Å². The third-order valence-electron chi connectivity index (χ3n) is 2.83. The fourth-order valence-electron chi connectivity index (χ4n) is 1.81. The second-order valence-corrected chi connectivity index (χ2v) is 5.05. The number of amides is 1. The fourth-order valence-corrected chi connectivity index (χ4v) is 2.04. The van der Waals surface area contributed by atoms with E-state index in [0.717, 1.165) is 5.56 Å². The van der Waals surface area contributed by atoms with Gasteiger partial charge in [0.25, 0.3) is 5.91 Å². The molecule has 114 valence electrons. The minimum Gasteiger partial charge on any atom is -0.545 e. The largest absolute Gasteiger partial charge is 0.545 e. The van der Waals surface area contributed by atoms with Crippen molar-refractivity contribution in [3.8, 4) is 5.75 Å². The van der Waals surface area contributed by atoms with Gasteiger partial charge in [-0.25, -0.2) is 0 Å². The summed E-state index contributed by atoms with van der Waals surface area (Å²) in [7, 11) is 0. The number of nitrogens with one attached hydrogen (secondary N) is 1. The van der Waals surface area contributed by atoms with Crippen molar-refractivity contribution in [1.82, 2.24) is 0 Å². The van der Waals surface area contributed by atoms with Gasteiger partial charge in [0, 0.05) is 5.69 Å². The molecule has 22 heavy (non-hydrogen) atoms. The predicted octanol–water partition coefficient (Wildman–Crippen LogP) is 2.03. The van der Waals surface area contributed by atoms with Crippen molar-refractivity contribution >= 4 is 29.2 Å². The maximum atomic E-state index is 11.8. The highest BCUT2D eigenvalue weighted by molar-refractivity contribution is 6.32. The molecule has 2 rings (SSSR count). The number of hydrogen-bond donors (Lipinski definition) is 1. The molecule has 0 unspecified atom stereocenters. The normalized spacial score (nSPS) is 10.1. The van der Waals surface area contributed by atoms with Crippen LogP contribution in [0.25, 0.3) is 0 Å². The maximum absolute atomic E-state index is 11.8. The molecule has 0 radical (unpaired) electrons. The summed E-state index contributed by atoms with van der Waals surface area (Å²) in [4.78, 5) is 22.5. The number of halogens is 1. The van der Waals surface area contributed by atoms with Gasteiger partial charge in [0.1, 0.15) is 5.75 Å². The lowest BCUT2D eigenvalue weighted by Crippen LogP contribution is -2.22. The van der Waals surface area contributed by atoms with Gasteiger partial charge in [-0.1, -0.05) is 23.7 Å². The van der Waals surface area contributed by atoms with Crippen LogP contribution in [0.3, 0.4) is 0 Å². The van der Waals surface area contributed by atoms with E-state index in [0.29, 0.717) is 5.69 Å². The zero-order valence-electron chi connectivity index (χ0n) is 11.8. The number of hydrogen-bond acceptors (Lipinski definition) is 4. The Labute approximate surface area is 132 Å². The Bertz CT molecular complexity index is 715. The molecule has 0 aliphatic carbocycles. The molecule has 2 aromatic carbocycles. The first-order chi connectivity index (χ1) is 10.5. The van der Waals surface area contributed by atoms with E-state index in [1.807, 2.05) is 25.1 Å². The summed E-state index contributed by atoms with van der Waals surface area (Å²) in [5.74, 6) is -1.44. The van der Waals surface area contributed by atoms with Crippen molar-refractivity contribution in [3.05, 3.63) is 58.6 Å². The molecule has 0 saturated carbocycles. The number of carboxylic acids is 1. The van der Waals surface area contributed by atoms with Crippen LogP contribution >= 0.6 is 11.6 Å². The van der Waals surface area contributed by atoms with Gasteiger partial charge in [0.15, 0.2) is 6.61 Å². The number of aryl methyl sites for hydroxylation is 1. The zero-order valence-corrected chi connectivity index (χ0v) is 12.5. The maximum Gasteiger partial charge on any atom is 0.262 e. The summed E-state index contributed by atoms with van der Waals surface area (Å²) >= 11 is 5.89. The summed E-state index contributed by atoms with van der Waals surface area (Å²) < 4.78 is 5.28. The number of anilines is 1. The van der Waals surface area contributed by atoms with E-state index in [1.54, 1.807) is 6.07 Å². The number of rotatable bonds is 5. The Morgan fingerprint density at radius 2 is 2.00 bits per heavy atom. The van der Waals surface area contributed by atoms with Crippen LogP contribution in [-0.2, 0) is 4.79 Å². The Balaban J connectivity index is 1.95. The predicted molar refractivity (Wildman–Crippen MR) is 81.1 cm³/mol. The first-order valence-corrected chi connectivity index (χ1v) is 6.84. The van der Waals surface area contributed by atoms with E-state index >= 15 is 0 Å². The standard InChI is InChI=1S/C16H14ClNO4/c1-10-3-2-4-12(7-10)18-15(19)9-22-14-6-5-11(16(20)21)8-13(14)17/h2-8H,9H2,1H3,(H,18,19)(H,20,21)/p-1.